The van der Waals surface area contributed by atoms with Crippen LogP contribution in [0, 0.1) is 4.91 Å². The molecule has 0 aliphatic carbocycles. The number of nitrogens with one attached hydrogen (secondary N) is 2. The van der Waals surface area contributed by atoms with Crippen molar-refractivity contribution in [2.75, 3.05) is 0 Å². The minimum Gasteiger partial charge on any atom is -0.494 e. The van der Waals surface area contributed by atoms with Crippen molar-refractivity contribution in [2.24, 2.45) is 5.18 Å². The van der Waals surface area contributed by atoms with Crippen LogP contribution < -0.4 is 0 Å². The molecule has 3 aromatic carbocycles. The average Bonchev–Trinajstić information content (AvgIpc) is 3.28. The van der Waals surface area contributed by atoms with Crippen molar-refractivity contribution in [1.29, 1.82) is 0 Å². The van der Waals surface area contributed by atoms with Crippen molar-refractivity contribution >= 4 is 39.6 Å². The first-order valence-corrected chi connectivity index (χ1v) is 9.27. The lowest BCUT2D eigenvalue weighted by Crippen LogP contribution is -1.78. The van der Waals surface area contributed by atoms with Gasteiger partial charge in [0.1, 0.15) is 5.69 Å². The maximum Gasteiger partial charge on any atom is 0.199 e. The molecule has 5 heteroatoms. The number of fused-ring (bicyclic) bond motifs is 2. The predicted molar refractivity (Wildman–Crippen MR) is 118 cm³/mol. The van der Waals surface area contributed by atoms with Crippen LogP contribution in [-0.4, -0.2) is 15.1 Å². The van der Waals surface area contributed by atoms with E-state index in [1.165, 1.54) is 0 Å². The van der Waals surface area contributed by atoms with E-state index >= 15 is 0 Å². The Hall–Kier alpha value is -4.12. The Balaban J connectivity index is 1.62. The second-order valence-electron chi connectivity index (χ2n) is 6.88. The molecule has 0 bridgehead atoms. The fourth-order valence-corrected chi connectivity index (χ4v) is 3.72. The second kappa shape index (κ2) is 6.80. The van der Waals surface area contributed by atoms with Crippen LogP contribution in [-0.2, 0) is 0 Å². The SMILES string of the molecule is O=Nc1c(-c2c(O)[nH]c3cc(/C=C/c4ccccc4)ccc23)[nH]c2ccccc12. The van der Waals surface area contributed by atoms with Crippen LogP contribution in [0.4, 0.5) is 5.69 Å². The zero-order valence-electron chi connectivity index (χ0n) is 15.4. The summed E-state index contributed by atoms with van der Waals surface area (Å²) in [6, 6.07) is 23.4. The quantitative estimate of drug-likeness (QED) is 0.243. The van der Waals surface area contributed by atoms with E-state index in [1.54, 1.807) is 0 Å². The lowest BCUT2D eigenvalue weighted by Gasteiger charge is -2.00. The molecule has 140 valence electrons. The fraction of sp³-hybridized carbons (Fsp3) is 0. The zero-order chi connectivity index (χ0) is 19.8. The lowest BCUT2D eigenvalue weighted by molar-refractivity contribution is 0.460. The molecule has 5 nitrogen and oxygen atoms in total. The van der Waals surface area contributed by atoms with Crippen LogP contribution in [0.15, 0.2) is 78.0 Å². The Kier molecular flexibility index (Phi) is 3.99. The van der Waals surface area contributed by atoms with Crippen LogP contribution in [0.25, 0.3) is 45.2 Å². The summed E-state index contributed by atoms with van der Waals surface area (Å²) in [6.45, 7) is 0. The van der Waals surface area contributed by atoms with Gasteiger partial charge in [-0.3, -0.25) is 0 Å². The number of aromatic hydroxyl groups is 1. The summed E-state index contributed by atoms with van der Waals surface area (Å²) in [6.07, 6.45) is 4.06. The highest BCUT2D eigenvalue weighted by atomic mass is 16.3. The number of rotatable bonds is 4. The molecular weight excluding hydrogens is 362 g/mol. The van der Waals surface area contributed by atoms with Gasteiger partial charge < -0.3 is 15.1 Å². The van der Waals surface area contributed by atoms with Crippen LogP contribution in [0.5, 0.6) is 5.88 Å². The first-order chi connectivity index (χ1) is 14.2. The maximum absolute atomic E-state index is 11.5. The zero-order valence-corrected chi connectivity index (χ0v) is 15.4. The number of nitrogens with zero attached hydrogens (tertiary/aromatic N) is 1. The molecule has 0 unspecified atom stereocenters. The topological polar surface area (TPSA) is 81.2 Å². The minimum atomic E-state index is 0.000597. The number of aromatic amines is 2. The third kappa shape index (κ3) is 2.89. The Labute approximate surface area is 166 Å². The highest BCUT2D eigenvalue weighted by molar-refractivity contribution is 6.07. The molecule has 0 amide bonds. The number of benzene rings is 3. The Morgan fingerprint density at radius 2 is 1.52 bits per heavy atom. The minimum absolute atomic E-state index is 0.000597. The van der Waals surface area contributed by atoms with Crippen molar-refractivity contribution in [3.8, 4) is 17.1 Å². The summed E-state index contributed by atoms with van der Waals surface area (Å²) in [5.74, 6) is 0.000597. The van der Waals surface area contributed by atoms with Gasteiger partial charge in [0.2, 0.25) is 0 Å². The molecular formula is C24H17N3O2. The van der Waals surface area contributed by atoms with Gasteiger partial charge in [0, 0.05) is 21.8 Å². The van der Waals surface area contributed by atoms with Crippen molar-refractivity contribution < 1.29 is 5.11 Å². The van der Waals surface area contributed by atoms with Crippen molar-refractivity contribution in [1.82, 2.24) is 9.97 Å². The molecule has 0 saturated heterocycles. The molecule has 3 N–H and O–H groups in total. The smallest absolute Gasteiger partial charge is 0.199 e. The van der Waals surface area contributed by atoms with E-state index in [2.05, 4.69) is 15.1 Å². The van der Waals surface area contributed by atoms with Gasteiger partial charge in [-0.25, -0.2) is 0 Å². The molecule has 0 spiro atoms. The molecule has 0 saturated carbocycles. The molecule has 2 heterocycles. The lowest BCUT2D eigenvalue weighted by atomic mass is 10.1. The molecule has 29 heavy (non-hydrogen) atoms. The van der Waals surface area contributed by atoms with E-state index in [4.69, 9.17) is 0 Å². The summed E-state index contributed by atoms with van der Waals surface area (Å²) >= 11 is 0. The van der Waals surface area contributed by atoms with Gasteiger partial charge in [-0.1, -0.05) is 72.8 Å². The molecule has 0 aliphatic rings. The number of aromatic nitrogens is 2. The number of hydrogen-bond acceptors (Lipinski definition) is 3. The maximum atomic E-state index is 11.5. The van der Waals surface area contributed by atoms with E-state index < -0.39 is 0 Å². The summed E-state index contributed by atoms with van der Waals surface area (Å²) in [7, 11) is 0. The van der Waals surface area contributed by atoms with Gasteiger partial charge in [-0.2, -0.15) is 0 Å². The normalized spacial score (nSPS) is 11.6. The fourth-order valence-electron chi connectivity index (χ4n) is 3.72. The summed E-state index contributed by atoms with van der Waals surface area (Å²) < 4.78 is 0. The largest absolute Gasteiger partial charge is 0.494 e. The molecule has 0 aliphatic heterocycles. The second-order valence-corrected chi connectivity index (χ2v) is 6.88. The average molecular weight is 379 g/mol. The van der Waals surface area contributed by atoms with Crippen molar-refractivity contribution in [3.63, 3.8) is 0 Å². The van der Waals surface area contributed by atoms with Gasteiger partial charge in [0.05, 0.1) is 11.3 Å². The van der Waals surface area contributed by atoms with E-state index in [-0.39, 0.29) is 5.88 Å². The third-order valence-electron chi connectivity index (χ3n) is 5.09. The standard InChI is InChI=1S/C24H17N3O2/c28-24-21(23-22(27-29)18-8-4-5-9-19(18)25-23)17-13-12-16(14-20(17)26-24)11-10-15-6-2-1-3-7-15/h1-14,25-26,28H/b11-10+. The summed E-state index contributed by atoms with van der Waals surface area (Å²) in [5.41, 5.74) is 5.05. The molecule has 5 rings (SSSR count). The Morgan fingerprint density at radius 3 is 2.34 bits per heavy atom. The van der Waals surface area contributed by atoms with Gasteiger partial charge in [-0.05, 0) is 28.4 Å². The molecule has 0 fully saturated rings. The van der Waals surface area contributed by atoms with Crippen LogP contribution in [0.3, 0.4) is 0 Å². The number of para-hydroxylation sites is 1. The number of nitroso groups, excluding NO2 is 1. The van der Waals surface area contributed by atoms with Crippen LogP contribution in [0.1, 0.15) is 11.1 Å². The number of H-pyrrole nitrogens is 2. The molecule has 0 atom stereocenters. The Morgan fingerprint density at radius 1 is 0.759 bits per heavy atom. The van der Waals surface area contributed by atoms with Gasteiger partial charge >= 0.3 is 0 Å². The van der Waals surface area contributed by atoms with Crippen molar-refractivity contribution in [3.05, 3.63) is 88.8 Å². The molecule has 5 aromatic rings. The van der Waals surface area contributed by atoms with Gasteiger partial charge in [0.25, 0.3) is 0 Å². The van der Waals surface area contributed by atoms with Gasteiger partial charge in [-0.15, -0.1) is 4.91 Å². The van der Waals surface area contributed by atoms with Crippen molar-refractivity contribution in [2.45, 2.75) is 0 Å². The molecule has 2 aromatic heterocycles. The monoisotopic (exact) mass is 379 g/mol. The first-order valence-electron chi connectivity index (χ1n) is 9.27. The predicted octanol–water partition coefficient (Wildman–Crippen LogP) is 6.59. The van der Waals surface area contributed by atoms with E-state index in [1.807, 2.05) is 84.9 Å². The van der Waals surface area contributed by atoms with E-state index in [0.717, 1.165) is 32.9 Å². The summed E-state index contributed by atoms with van der Waals surface area (Å²) in [4.78, 5) is 17.8. The highest BCUT2D eigenvalue weighted by Crippen LogP contribution is 2.44. The van der Waals surface area contributed by atoms with Crippen LogP contribution >= 0.6 is 0 Å². The van der Waals surface area contributed by atoms with Gasteiger partial charge in [0.15, 0.2) is 5.88 Å². The number of hydrogen-bond donors (Lipinski definition) is 3. The van der Waals surface area contributed by atoms with Crippen LogP contribution in [0.2, 0.25) is 0 Å². The molecule has 0 radical (unpaired) electrons. The highest BCUT2D eigenvalue weighted by Gasteiger charge is 2.21. The van der Waals surface area contributed by atoms with E-state index in [0.29, 0.717) is 16.9 Å². The van der Waals surface area contributed by atoms with E-state index in [9.17, 15) is 10.0 Å². The first kappa shape index (κ1) is 17.0. The third-order valence-corrected chi connectivity index (χ3v) is 5.09. The summed E-state index contributed by atoms with van der Waals surface area (Å²) in [5, 5.41) is 15.4. The Bertz CT molecular complexity index is 1380.